The molecule has 3 heteroatoms. The summed E-state index contributed by atoms with van der Waals surface area (Å²) < 4.78 is 0. The van der Waals surface area contributed by atoms with Crippen LogP contribution in [0.3, 0.4) is 0 Å². The van der Waals surface area contributed by atoms with Gasteiger partial charge < -0.3 is 10.6 Å². The molecule has 1 aliphatic heterocycles. The van der Waals surface area contributed by atoms with Gasteiger partial charge in [-0.25, -0.2) is 0 Å². The summed E-state index contributed by atoms with van der Waals surface area (Å²) in [4.78, 5) is 12.1. The van der Waals surface area contributed by atoms with Gasteiger partial charge in [0.1, 0.15) is 0 Å². The molecule has 3 nitrogen and oxygen atoms in total. The summed E-state index contributed by atoms with van der Waals surface area (Å²) in [7, 11) is 0. The number of hydrogen-bond acceptors (Lipinski definition) is 2. The second kappa shape index (κ2) is 8.66. The van der Waals surface area contributed by atoms with E-state index in [1.165, 1.54) is 51.4 Å². The third kappa shape index (κ3) is 5.43. The highest BCUT2D eigenvalue weighted by molar-refractivity contribution is 5.76. The molecule has 116 valence electrons. The van der Waals surface area contributed by atoms with Gasteiger partial charge >= 0.3 is 0 Å². The van der Waals surface area contributed by atoms with Crippen LogP contribution >= 0.6 is 0 Å². The molecule has 0 aromatic carbocycles. The van der Waals surface area contributed by atoms with Gasteiger partial charge in [0.05, 0.1) is 0 Å². The van der Waals surface area contributed by atoms with Crippen molar-refractivity contribution in [2.75, 3.05) is 13.1 Å². The van der Waals surface area contributed by atoms with Crippen LogP contribution in [-0.4, -0.2) is 25.0 Å². The molecule has 0 spiro atoms. The molecule has 1 saturated carbocycles. The molecule has 2 aliphatic rings. The normalized spacial score (nSPS) is 24.1. The van der Waals surface area contributed by atoms with Crippen LogP contribution in [0, 0.1) is 11.8 Å². The number of amides is 1. The van der Waals surface area contributed by atoms with Crippen molar-refractivity contribution in [3.05, 3.63) is 0 Å². The first-order chi connectivity index (χ1) is 9.75. The molecule has 2 fully saturated rings. The van der Waals surface area contributed by atoms with E-state index in [0.717, 1.165) is 31.8 Å². The van der Waals surface area contributed by atoms with Gasteiger partial charge in [-0.05, 0) is 64.0 Å². The van der Waals surface area contributed by atoms with Crippen LogP contribution in [0.1, 0.15) is 71.1 Å². The van der Waals surface area contributed by atoms with Crippen LogP contribution in [0.2, 0.25) is 0 Å². The summed E-state index contributed by atoms with van der Waals surface area (Å²) in [6.07, 6.45) is 12.3. The second-order valence-electron chi connectivity index (χ2n) is 6.84. The van der Waals surface area contributed by atoms with Gasteiger partial charge in [-0.2, -0.15) is 0 Å². The predicted octanol–water partition coefficient (Wildman–Crippen LogP) is 3.24. The Kier molecular flexibility index (Phi) is 6.85. The minimum absolute atomic E-state index is 0.278. The number of hydrogen-bond donors (Lipinski definition) is 2. The number of carbonyl (C=O) groups excluding carboxylic acids is 1. The molecule has 0 radical (unpaired) electrons. The summed E-state index contributed by atoms with van der Waals surface area (Å²) in [6.45, 7) is 4.47. The molecule has 1 aliphatic carbocycles. The Morgan fingerprint density at radius 3 is 2.40 bits per heavy atom. The maximum Gasteiger partial charge on any atom is 0.220 e. The van der Waals surface area contributed by atoms with Crippen molar-refractivity contribution >= 4 is 5.91 Å². The van der Waals surface area contributed by atoms with Crippen LogP contribution < -0.4 is 10.6 Å². The highest BCUT2D eigenvalue weighted by Crippen LogP contribution is 2.25. The van der Waals surface area contributed by atoms with Gasteiger partial charge in [-0.15, -0.1) is 0 Å². The van der Waals surface area contributed by atoms with Gasteiger partial charge in [-0.1, -0.05) is 25.7 Å². The largest absolute Gasteiger partial charge is 0.353 e. The Morgan fingerprint density at radius 1 is 1.10 bits per heavy atom. The lowest BCUT2D eigenvalue weighted by Gasteiger charge is -2.25. The minimum Gasteiger partial charge on any atom is -0.353 e. The fraction of sp³-hybridized carbons (Fsp3) is 0.941. The van der Waals surface area contributed by atoms with E-state index >= 15 is 0 Å². The Hall–Kier alpha value is -0.570. The van der Waals surface area contributed by atoms with Gasteiger partial charge in [-0.3, -0.25) is 4.79 Å². The number of rotatable bonds is 5. The van der Waals surface area contributed by atoms with Crippen LogP contribution in [0.25, 0.3) is 0 Å². The first kappa shape index (κ1) is 15.8. The lowest BCUT2D eigenvalue weighted by Crippen LogP contribution is -2.38. The smallest absolute Gasteiger partial charge is 0.220 e. The Bertz CT molecular complexity index is 279. The summed E-state index contributed by atoms with van der Waals surface area (Å²) in [5.41, 5.74) is 0. The molecule has 0 aromatic rings. The van der Waals surface area contributed by atoms with Crippen molar-refractivity contribution in [1.29, 1.82) is 0 Å². The van der Waals surface area contributed by atoms with Crippen molar-refractivity contribution in [2.24, 2.45) is 11.8 Å². The average Bonchev–Trinajstić information content (AvgIpc) is 2.75. The zero-order valence-electron chi connectivity index (χ0n) is 13.1. The maximum atomic E-state index is 12.1. The van der Waals surface area contributed by atoms with Crippen molar-refractivity contribution in [2.45, 2.75) is 77.2 Å². The van der Waals surface area contributed by atoms with E-state index < -0.39 is 0 Å². The molecule has 2 N–H and O–H groups in total. The summed E-state index contributed by atoms with van der Waals surface area (Å²) >= 11 is 0. The lowest BCUT2D eigenvalue weighted by atomic mass is 9.91. The molecule has 1 saturated heterocycles. The van der Waals surface area contributed by atoms with Crippen molar-refractivity contribution in [1.82, 2.24) is 10.6 Å². The highest BCUT2D eigenvalue weighted by atomic mass is 16.1. The molecular weight excluding hydrogens is 248 g/mol. The van der Waals surface area contributed by atoms with Crippen molar-refractivity contribution in [3.63, 3.8) is 0 Å². The molecule has 1 atom stereocenters. The number of nitrogens with one attached hydrogen (secondary N) is 2. The molecule has 20 heavy (non-hydrogen) atoms. The highest BCUT2D eigenvalue weighted by Gasteiger charge is 2.21. The van der Waals surface area contributed by atoms with Gasteiger partial charge in [0.25, 0.3) is 0 Å². The van der Waals surface area contributed by atoms with Crippen molar-refractivity contribution in [3.8, 4) is 0 Å². The van der Waals surface area contributed by atoms with Gasteiger partial charge in [0, 0.05) is 12.5 Å². The van der Waals surface area contributed by atoms with Crippen LogP contribution in [0.4, 0.5) is 0 Å². The monoisotopic (exact) mass is 280 g/mol. The van der Waals surface area contributed by atoms with E-state index in [1.807, 2.05) is 0 Å². The zero-order chi connectivity index (χ0) is 14.2. The Morgan fingerprint density at radius 2 is 1.75 bits per heavy atom. The predicted molar refractivity (Wildman–Crippen MR) is 83.6 cm³/mol. The minimum atomic E-state index is 0.278. The SMILES string of the molecule is C[C@H](NC(=O)CCC1CCNCC1)C1CCCCCC1. The van der Waals surface area contributed by atoms with Crippen LogP contribution in [0.5, 0.6) is 0 Å². The lowest BCUT2D eigenvalue weighted by molar-refractivity contribution is -0.122. The summed E-state index contributed by atoms with van der Waals surface area (Å²) in [5, 5.41) is 6.65. The van der Waals surface area contributed by atoms with E-state index in [2.05, 4.69) is 17.6 Å². The Labute approximate surface area is 124 Å². The van der Waals surface area contributed by atoms with Gasteiger partial charge in [0.15, 0.2) is 0 Å². The molecule has 0 bridgehead atoms. The number of carbonyl (C=O) groups is 1. The van der Waals surface area contributed by atoms with E-state index in [1.54, 1.807) is 0 Å². The third-order valence-corrected chi connectivity index (χ3v) is 5.23. The standard InChI is InChI=1S/C17H32N2O/c1-14(16-6-4-2-3-5-7-16)19-17(20)9-8-15-10-12-18-13-11-15/h14-16,18H,2-13H2,1H3,(H,19,20)/t14-/m0/s1. The number of piperidine rings is 1. The van der Waals surface area contributed by atoms with Crippen LogP contribution in [-0.2, 0) is 4.79 Å². The first-order valence-corrected chi connectivity index (χ1v) is 8.76. The average molecular weight is 280 g/mol. The van der Waals surface area contributed by atoms with E-state index in [4.69, 9.17) is 0 Å². The van der Waals surface area contributed by atoms with Crippen LogP contribution in [0.15, 0.2) is 0 Å². The maximum absolute atomic E-state index is 12.1. The topological polar surface area (TPSA) is 41.1 Å². The molecule has 0 aromatic heterocycles. The Balaban J connectivity index is 1.64. The van der Waals surface area contributed by atoms with E-state index in [-0.39, 0.29) is 5.91 Å². The fourth-order valence-corrected chi connectivity index (χ4v) is 3.76. The fourth-order valence-electron chi connectivity index (χ4n) is 3.76. The summed E-state index contributed by atoms with van der Waals surface area (Å²) in [5.74, 6) is 1.75. The van der Waals surface area contributed by atoms with Gasteiger partial charge in [0.2, 0.25) is 5.91 Å². The summed E-state index contributed by atoms with van der Waals surface area (Å²) in [6, 6.07) is 0.369. The molecule has 0 unspecified atom stereocenters. The molecular formula is C17H32N2O. The zero-order valence-corrected chi connectivity index (χ0v) is 13.1. The van der Waals surface area contributed by atoms with E-state index in [9.17, 15) is 4.79 Å². The third-order valence-electron chi connectivity index (χ3n) is 5.23. The quantitative estimate of drug-likeness (QED) is 0.759. The first-order valence-electron chi connectivity index (χ1n) is 8.76. The second-order valence-corrected chi connectivity index (χ2v) is 6.84. The molecule has 1 heterocycles. The molecule has 2 rings (SSSR count). The van der Waals surface area contributed by atoms with Crippen molar-refractivity contribution < 1.29 is 4.79 Å². The molecule has 1 amide bonds. The van der Waals surface area contributed by atoms with E-state index in [0.29, 0.717) is 12.0 Å².